The van der Waals surface area contributed by atoms with Gasteiger partial charge in [0.2, 0.25) is 0 Å². The van der Waals surface area contributed by atoms with Crippen molar-refractivity contribution in [3.8, 4) is 0 Å². The maximum Gasteiger partial charge on any atom is 0.311 e. The van der Waals surface area contributed by atoms with E-state index in [1.807, 2.05) is 6.92 Å². The summed E-state index contributed by atoms with van der Waals surface area (Å²) in [4.78, 5) is 24.5. The van der Waals surface area contributed by atoms with Gasteiger partial charge in [0.1, 0.15) is 4.88 Å². The Bertz CT molecular complexity index is 531. The van der Waals surface area contributed by atoms with Gasteiger partial charge in [0, 0.05) is 6.04 Å². The summed E-state index contributed by atoms with van der Waals surface area (Å²) in [7, 11) is 0. The summed E-state index contributed by atoms with van der Waals surface area (Å²) in [5.41, 5.74) is -0.190. The maximum absolute atomic E-state index is 12.4. The minimum atomic E-state index is -0.892. The summed E-state index contributed by atoms with van der Waals surface area (Å²) in [5, 5.41) is 16.4. The number of rotatable bonds is 5. The summed E-state index contributed by atoms with van der Waals surface area (Å²) in [6, 6.07) is -0.340. The van der Waals surface area contributed by atoms with Crippen LogP contribution in [0, 0.1) is 5.41 Å². The molecule has 2 rings (SSSR count). The van der Waals surface area contributed by atoms with Crippen LogP contribution in [0.3, 0.4) is 0 Å². The van der Waals surface area contributed by atoms with E-state index >= 15 is 0 Å². The summed E-state index contributed by atoms with van der Waals surface area (Å²) in [6.45, 7) is 3.74. The van der Waals surface area contributed by atoms with E-state index in [2.05, 4.69) is 14.9 Å². The lowest BCUT2D eigenvalue weighted by Gasteiger charge is -2.38. The molecule has 6 nitrogen and oxygen atoms in total. The van der Waals surface area contributed by atoms with Crippen LogP contribution in [-0.4, -0.2) is 32.6 Å². The number of carbonyl (C=O) groups excluding carboxylic acids is 1. The van der Waals surface area contributed by atoms with Crippen molar-refractivity contribution in [1.82, 2.24) is 14.9 Å². The zero-order chi connectivity index (χ0) is 15.5. The highest BCUT2D eigenvalue weighted by molar-refractivity contribution is 7.08. The monoisotopic (exact) mass is 311 g/mol. The second-order valence-corrected chi connectivity index (χ2v) is 6.55. The van der Waals surface area contributed by atoms with Crippen molar-refractivity contribution < 1.29 is 14.7 Å². The molecular formula is C14H21N3O3S. The molecule has 0 bridgehead atoms. The first-order chi connectivity index (χ1) is 9.99. The van der Waals surface area contributed by atoms with Gasteiger partial charge in [-0.05, 0) is 37.7 Å². The quantitative estimate of drug-likeness (QED) is 0.870. The SMILES string of the molecule is CCCc1nnsc1C(=O)NC1CCCCC1(C)C(=O)O. The lowest BCUT2D eigenvalue weighted by molar-refractivity contribution is -0.151. The zero-order valence-corrected chi connectivity index (χ0v) is 13.2. The van der Waals surface area contributed by atoms with Crippen molar-refractivity contribution in [3.05, 3.63) is 10.6 Å². The standard InChI is InChI=1S/C14H21N3O3S/c1-3-6-9-11(21-17-16-9)12(18)15-10-7-4-5-8-14(10,2)13(19)20/h10H,3-8H2,1-2H3,(H,15,18)(H,19,20). The van der Waals surface area contributed by atoms with E-state index in [1.54, 1.807) is 6.92 Å². The molecule has 0 aromatic carbocycles. The van der Waals surface area contributed by atoms with Crippen molar-refractivity contribution >= 4 is 23.4 Å². The van der Waals surface area contributed by atoms with Gasteiger partial charge in [0.25, 0.3) is 5.91 Å². The first-order valence-electron chi connectivity index (χ1n) is 7.34. The normalized spacial score (nSPS) is 25.5. The molecule has 0 radical (unpaired) electrons. The Morgan fingerprint density at radius 3 is 2.90 bits per heavy atom. The van der Waals surface area contributed by atoms with Gasteiger partial charge in [0.05, 0.1) is 11.1 Å². The predicted octanol–water partition coefficient (Wildman–Crippen LogP) is 2.25. The van der Waals surface area contributed by atoms with Gasteiger partial charge in [-0.1, -0.05) is 30.7 Å². The predicted molar refractivity (Wildman–Crippen MR) is 79.4 cm³/mol. The molecule has 1 fully saturated rings. The number of hydrogen-bond acceptors (Lipinski definition) is 5. The fourth-order valence-electron chi connectivity index (χ4n) is 2.83. The number of nitrogens with one attached hydrogen (secondary N) is 1. The second-order valence-electron chi connectivity index (χ2n) is 5.79. The Balaban J connectivity index is 2.13. The van der Waals surface area contributed by atoms with E-state index in [0.717, 1.165) is 30.8 Å². The average molecular weight is 311 g/mol. The summed E-state index contributed by atoms with van der Waals surface area (Å²) >= 11 is 1.07. The highest BCUT2D eigenvalue weighted by Crippen LogP contribution is 2.36. The number of amides is 1. The van der Waals surface area contributed by atoms with Gasteiger partial charge in [-0.2, -0.15) is 0 Å². The molecule has 1 aromatic heterocycles. The lowest BCUT2D eigenvalue weighted by atomic mass is 9.71. The molecule has 116 valence electrons. The lowest BCUT2D eigenvalue weighted by Crippen LogP contribution is -2.52. The van der Waals surface area contributed by atoms with Crippen molar-refractivity contribution in [3.63, 3.8) is 0 Å². The number of carboxylic acid groups (broad SMARTS) is 1. The zero-order valence-electron chi connectivity index (χ0n) is 12.4. The van der Waals surface area contributed by atoms with Crippen LogP contribution in [0.15, 0.2) is 0 Å². The minimum Gasteiger partial charge on any atom is -0.481 e. The van der Waals surface area contributed by atoms with E-state index in [-0.39, 0.29) is 11.9 Å². The highest BCUT2D eigenvalue weighted by atomic mass is 32.1. The van der Waals surface area contributed by atoms with E-state index < -0.39 is 11.4 Å². The van der Waals surface area contributed by atoms with Gasteiger partial charge >= 0.3 is 5.97 Å². The van der Waals surface area contributed by atoms with Crippen molar-refractivity contribution in [2.75, 3.05) is 0 Å². The topological polar surface area (TPSA) is 92.2 Å². The maximum atomic E-state index is 12.4. The fourth-order valence-corrected chi connectivity index (χ4v) is 3.44. The van der Waals surface area contributed by atoms with Crippen LogP contribution in [0.25, 0.3) is 0 Å². The fraction of sp³-hybridized carbons (Fsp3) is 0.714. The molecular weight excluding hydrogens is 290 g/mol. The van der Waals surface area contributed by atoms with E-state index in [1.165, 1.54) is 0 Å². The van der Waals surface area contributed by atoms with Crippen LogP contribution >= 0.6 is 11.5 Å². The first-order valence-corrected chi connectivity index (χ1v) is 8.12. The summed E-state index contributed by atoms with van der Waals surface area (Å²) in [6.07, 6.45) is 4.72. The van der Waals surface area contributed by atoms with Gasteiger partial charge < -0.3 is 10.4 Å². The van der Waals surface area contributed by atoms with Gasteiger partial charge in [-0.3, -0.25) is 9.59 Å². The molecule has 1 saturated carbocycles. The molecule has 21 heavy (non-hydrogen) atoms. The van der Waals surface area contributed by atoms with Crippen LogP contribution in [0.5, 0.6) is 0 Å². The molecule has 1 aliphatic rings. The third-order valence-corrected chi connectivity index (χ3v) is 5.02. The highest BCUT2D eigenvalue weighted by Gasteiger charge is 2.44. The summed E-state index contributed by atoms with van der Waals surface area (Å²) < 4.78 is 3.84. The largest absolute Gasteiger partial charge is 0.481 e. The van der Waals surface area contributed by atoms with Crippen LogP contribution < -0.4 is 5.32 Å². The average Bonchev–Trinajstić information content (AvgIpc) is 2.90. The smallest absolute Gasteiger partial charge is 0.311 e. The van der Waals surface area contributed by atoms with Crippen LogP contribution in [-0.2, 0) is 11.2 Å². The number of carbonyl (C=O) groups is 2. The molecule has 2 N–H and O–H groups in total. The number of aliphatic carboxylic acids is 1. The van der Waals surface area contributed by atoms with Gasteiger partial charge in [-0.15, -0.1) is 5.10 Å². The third kappa shape index (κ3) is 3.23. The van der Waals surface area contributed by atoms with Crippen LogP contribution in [0.4, 0.5) is 0 Å². The molecule has 7 heteroatoms. The number of carboxylic acids is 1. The van der Waals surface area contributed by atoms with Crippen LogP contribution in [0.1, 0.15) is 61.3 Å². The Morgan fingerprint density at radius 2 is 2.24 bits per heavy atom. The van der Waals surface area contributed by atoms with Gasteiger partial charge in [0.15, 0.2) is 0 Å². The Kier molecular flexibility index (Phi) is 4.92. The molecule has 0 saturated heterocycles. The third-order valence-electron chi connectivity index (χ3n) is 4.25. The molecule has 1 heterocycles. The molecule has 1 aromatic rings. The molecule has 2 atom stereocenters. The van der Waals surface area contributed by atoms with Crippen LogP contribution in [0.2, 0.25) is 0 Å². The summed E-state index contributed by atoms with van der Waals surface area (Å²) in [5.74, 6) is -1.09. The van der Waals surface area contributed by atoms with Crippen molar-refractivity contribution in [2.24, 2.45) is 5.41 Å². The van der Waals surface area contributed by atoms with Crippen molar-refractivity contribution in [2.45, 2.75) is 58.4 Å². The van der Waals surface area contributed by atoms with E-state index in [0.29, 0.717) is 29.8 Å². The minimum absolute atomic E-state index is 0.243. The number of nitrogens with zero attached hydrogens (tertiary/aromatic N) is 2. The Labute approximate surface area is 128 Å². The number of aromatic nitrogens is 2. The Hall–Kier alpha value is -1.50. The molecule has 1 aliphatic carbocycles. The van der Waals surface area contributed by atoms with E-state index in [9.17, 15) is 14.7 Å². The molecule has 0 spiro atoms. The second kappa shape index (κ2) is 6.51. The molecule has 1 amide bonds. The first kappa shape index (κ1) is 15.9. The van der Waals surface area contributed by atoms with Gasteiger partial charge in [-0.25, -0.2) is 0 Å². The van der Waals surface area contributed by atoms with Crippen molar-refractivity contribution in [1.29, 1.82) is 0 Å². The van der Waals surface area contributed by atoms with E-state index in [4.69, 9.17) is 0 Å². The molecule has 2 unspecified atom stereocenters. The number of hydrogen-bond donors (Lipinski definition) is 2. The number of aryl methyl sites for hydroxylation is 1. The Morgan fingerprint density at radius 1 is 1.48 bits per heavy atom. The molecule has 0 aliphatic heterocycles.